The summed E-state index contributed by atoms with van der Waals surface area (Å²) in [5, 5.41) is 4.75. The van der Waals surface area contributed by atoms with Crippen LogP contribution in [0.5, 0.6) is 0 Å². The van der Waals surface area contributed by atoms with Crippen molar-refractivity contribution in [2.45, 2.75) is 0 Å². The molecule has 0 amide bonds. The van der Waals surface area contributed by atoms with Gasteiger partial charge in [-0.3, -0.25) is 0 Å². The van der Waals surface area contributed by atoms with E-state index in [1.807, 2.05) is 0 Å². The highest BCUT2D eigenvalue weighted by Gasteiger charge is 2.27. The van der Waals surface area contributed by atoms with E-state index in [4.69, 9.17) is 0 Å². The fraction of sp³-hybridized carbons (Fsp3) is 0. The molecule has 0 aliphatic carbocycles. The van der Waals surface area contributed by atoms with E-state index in [1.165, 1.54) is 49.3 Å². The second kappa shape index (κ2) is 17.4. The van der Waals surface area contributed by atoms with E-state index in [-0.39, 0.29) is 0 Å². The highest BCUT2D eigenvalue weighted by atomic mass is 15.2. The Morgan fingerprint density at radius 3 is 1.13 bits per heavy atom. The quantitative estimate of drug-likeness (QED) is 0.136. The van der Waals surface area contributed by atoms with Gasteiger partial charge in [-0.15, -0.1) is 0 Å². The molecule has 0 N–H and O–H groups in total. The first-order valence-electron chi connectivity index (χ1n) is 23.9. The molecule has 0 saturated carbocycles. The van der Waals surface area contributed by atoms with Crippen molar-refractivity contribution in [1.82, 2.24) is 9.13 Å². The van der Waals surface area contributed by atoms with E-state index in [1.54, 1.807) is 0 Å². The smallest absolute Gasteiger partial charge is 0.0804 e. The molecule has 0 aliphatic rings. The van der Waals surface area contributed by atoms with E-state index in [0.29, 0.717) is 0 Å². The lowest BCUT2D eigenvalue weighted by molar-refractivity contribution is 1.16. The predicted molar refractivity (Wildman–Crippen MR) is 295 cm³/mol. The molecule has 0 saturated heterocycles. The first-order chi connectivity index (χ1) is 34.8. The van der Waals surface area contributed by atoms with Crippen LogP contribution in [-0.2, 0) is 0 Å². The molecular weight excluding hydrogens is 849 g/mol. The molecule has 0 bridgehead atoms. The average molecular weight is 895 g/mol. The second-order valence-electron chi connectivity index (χ2n) is 17.7. The number of hydrogen-bond acceptors (Lipinski definition) is 2. The topological polar surface area (TPSA) is 16.3 Å². The van der Waals surface area contributed by atoms with Crippen molar-refractivity contribution in [3.63, 3.8) is 0 Å². The summed E-state index contributed by atoms with van der Waals surface area (Å²) in [5.41, 5.74) is 18.0. The Hall–Kier alpha value is -9.38. The summed E-state index contributed by atoms with van der Waals surface area (Å²) in [6.45, 7) is 0. The molecule has 0 unspecified atom stereocenters. The molecule has 70 heavy (non-hydrogen) atoms. The van der Waals surface area contributed by atoms with E-state index >= 15 is 0 Å². The van der Waals surface area contributed by atoms with Crippen LogP contribution in [0.2, 0.25) is 0 Å². The van der Waals surface area contributed by atoms with Gasteiger partial charge in [-0.2, -0.15) is 0 Å². The lowest BCUT2D eigenvalue weighted by atomic mass is 10.0. The number of hydrogen-bond donors (Lipinski definition) is 0. The van der Waals surface area contributed by atoms with Gasteiger partial charge in [0.15, 0.2) is 0 Å². The molecule has 13 aromatic rings. The first-order valence-corrected chi connectivity index (χ1v) is 23.9. The zero-order valence-corrected chi connectivity index (χ0v) is 38.3. The van der Waals surface area contributed by atoms with Gasteiger partial charge in [-0.1, -0.05) is 176 Å². The molecule has 4 heteroatoms. The molecule has 0 radical (unpaired) electrons. The van der Waals surface area contributed by atoms with Gasteiger partial charge in [0.25, 0.3) is 0 Å². The number of fused-ring (bicyclic) bond motifs is 7. The minimum absolute atomic E-state index is 1.07. The minimum atomic E-state index is 1.07. The molecule has 0 fully saturated rings. The normalized spacial score (nSPS) is 11.4. The van der Waals surface area contributed by atoms with Crippen molar-refractivity contribution >= 4 is 77.7 Å². The number of para-hydroxylation sites is 5. The number of anilines is 6. The monoisotopic (exact) mass is 894 g/mol. The summed E-state index contributed by atoms with van der Waals surface area (Å²) >= 11 is 0. The van der Waals surface area contributed by atoms with Crippen LogP contribution in [0.25, 0.3) is 77.2 Å². The lowest BCUT2D eigenvalue weighted by Gasteiger charge is -2.28. The number of rotatable bonds is 10. The van der Waals surface area contributed by atoms with Crippen molar-refractivity contribution in [2.24, 2.45) is 0 Å². The van der Waals surface area contributed by atoms with Gasteiger partial charge >= 0.3 is 0 Å². The van der Waals surface area contributed by atoms with Crippen LogP contribution in [0.4, 0.5) is 34.1 Å². The summed E-state index contributed by atoms with van der Waals surface area (Å²) in [4.78, 5) is 4.78. The number of aromatic nitrogens is 2. The summed E-state index contributed by atoms with van der Waals surface area (Å²) < 4.78 is 4.97. The standard InChI is InChI=1S/C66H46N4/c1-6-20-47(21-7-1)49-34-38-55(39-35-49)68(56-40-36-50(37-41-56)48-22-8-2-9-23-48)63-46-60-58-30-16-18-32-61(58)69(65(60)64-59-31-17-19-33-62(59)70(66(63)64)53-28-14-5-15-29-53)57-44-42-54(43-45-57)67(51-24-10-3-11-25-51)52-26-12-4-13-27-52/h1-46H. The van der Waals surface area contributed by atoms with Crippen molar-refractivity contribution in [1.29, 1.82) is 0 Å². The van der Waals surface area contributed by atoms with Crippen LogP contribution >= 0.6 is 0 Å². The molecule has 0 aliphatic heterocycles. The third-order valence-electron chi connectivity index (χ3n) is 13.7. The average Bonchev–Trinajstić information content (AvgIpc) is 3.96. The fourth-order valence-corrected chi connectivity index (χ4v) is 10.5. The van der Waals surface area contributed by atoms with Gasteiger partial charge in [0.1, 0.15) is 0 Å². The predicted octanol–water partition coefficient (Wildman–Crippen LogP) is 18.2. The molecular formula is C66H46N4. The molecule has 0 spiro atoms. The molecule has 13 rings (SSSR count). The Kier molecular flexibility index (Phi) is 10.1. The Labute approximate surface area is 407 Å². The van der Waals surface area contributed by atoms with Crippen molar-refractivity contribution in [2.75, 3.05) is 9.80 Å². The van der Waals surface area contributed by atoms with Gasteiger partial charge in [0.05, 0.1) is 27.8 Å². The Bertz CT molecular complexity index is 3820. The van der Waals surface area contributed by atoms with E-state index < -0.39 is 0 Å². The lowest BCUT2D eigenvalue weighted by Crippen LogP contribution is -2.12. The minimum Gasteiger partial charge on any atom is -0.311 e. The maximum atomic E-state index is 2.49. The van der Waals surface area contributed by atoms with Crippen LogP contribution < -0.4 is 9.80 Å². The molecule has 2 heterocycles. The Morgan fingerprint density at radius 1 is 0.243 bits per heavy atom. The molecule has 4 nitrogen and oxygen atoms in total. The van der Waals surface area contributed by atoms with E-state index in [9.17, 15) is 0 Å². The second-order valence-corrected chi connectivity index (χ2v) is 17.7. The Balaban J connectivity index is 1.10. The van der Waals surface area contributed by atoms with Gasteiger partial charge in [-0.25, -0.2) is 0 Å². The van der Waals surface area contributed by atoms with Gasteiger partial charge in [0.2, 0.25) is 0 Å². The van der Waals surface area contributed by atoms with Crippen molar-refractivity contribution < 1.29 is 0 Å². The maximum absolute atomic E-state index is 2.49. The summed E-state index contributed by atoms with van der Waals surface area (Å²) in [5.74, 6) is 0. The van der Waals surface area contributed by atoms with Gasteiger partial charge < -0.3 is 18.9 Å². The van der Waals surface area contributed by atoms with Crippen LogP contribution in [0, 0.1) is 0 Å². The van der Waals surface area contributed by atoms with Crippen LogP contribution in [0.3, 0.4) is 0 Å². The molecule has 2 aromatic heterocycles. The van der Waals surface area contributed by atoms with E-state index in [2.05, 4.69) is 298 Å². The van der Waals surface area contributed by atoms with Crippen LogP contribution in [0.1, 0.15) is 0 Å². The highest BCUT2D eigenvalue weighted by Crippen LogP contribution is 2.50. The summed E-state index contributed by atoms with van der Waals surface area (Å²) in [6, 6.07) is 101. The fourth-order valence-electron chi connectivity index (χ4n) is 10.5. The number of nitrogens with zero attached hydrogens (tertiary/aromatic N) is 4. The zero-order valence-electron chi connectivity index (χ0n) is 38.3. The van der Waals surface area contributed by atoms with Crippen LogP contribution in [0.15, 0.2) is 279 Å². The molecule has 0 atom stereocenters. The number of benzene rings is 11. The van der Waals surface area contributed by atoms with Crippen LogP contribution in [-0.4, -0.2) is 9.13 Å². The van der Waals surface area contributed by atoms with Gasteiger partial charge in [0, 0.05) is 61.4 Å². The third-order valence-corrected chi connectivity index (χ3v) is 13.7. The van der Waals surface area contributed by atoms with E-state index in [0.717, 1.165) is 62.0 Å². The molecule has 11 aromatic carbocycles. The zero-order chi connectivity index (χ0) is 46.4. The maximum Gasteiger partial charge on any atom is 0.0804 e. The van der Waals surface area contributed by atoms with Gasteiger partial charge in [-0.05, 0) is 125 Å². The SMILES string of the molecule is c1ccc(-c2ccc(N(c3ccc(-c4ccccc4)cc3)c3cc4c5ccccc5n(-c5ccc(N(c6ccccc6)c6ccccc6)cc5)c4c4c5ccccc5n(-c5ccccc5)c34)cc2)cc1. The first kappa shape index (κ1) is 40.9. The molecule has 330 valence electrons. The summed E-state index contributed by atoms with van der Waals surface area (Å²) in [6.07, 6.45) is 0. The van der Waals surface area contributed by atoms with Crippen molar-refractivity contribution in [3.8, 4) is 33.6 Å². The largest absolute Gasteiger partial charge is 0.311 e. The highest BCUT2D eigenvalue weighted by molar-refractivity contribution is 6.29. The third kappa shape index (κ3) is 7.01. The van der Waals surface area contributed by atoms with Crippen molar-refractivity contribution in [3.05, 3.63) is 279 Å². The summed E-state index contributed by atoms with van der Waals surface area (Å²) in [7, 11) is 0. The Morgan fingerprint density at radius 2 is 0.600 bits per heavy atom.